The molecule has 43 heavy (non-hydrogen) atoms. The molecule has 0 atom stereocenters. The van der Waals surface area contributed by atoms with Gasteiger partial charge in [-0.1, -0.05) is 47.7 Å². The first-order valence-electron chi connectivity index (χ1n) is 13.2. The van der Waals surface area contributed by atoms with Gasteiger partial charge in [-0.2, -0.15) is 0 Å². The van der Waals surface area contributed by atoms with E-state index in [1.54, 1.807) is 23.1 Å². The van der Waals surface area contributed by atoms with Gasteiger partial charge in [0.15, 0.2) is 5.94 Å². The molecule has 0 radical (unpaired) electrons. The van der Waals surface area contributed by atoms with Crippen molar-refractivity contribution in [1.82, 2.24) is 14.5 Å². The van der Waals surface area contributed by atoms with Gasteiger partial charge in [-0.15, -0.1) is 0 Å². The fraction of sp³-hybridized carbons (Fsp3) is 0.229. The number of rotatable bonds is 5. The highest BCUT2D eigenvalue weighted by atomic mass is 35.5. The van der Waals surface area contributed by atoms with E-state index in [0.29, 0.717) is 54.7 Å². The zero-order valence-corrected chi connectivity index (χ0v) is 24.0. The monoisotopic (exact) mass is 587 g/mol. The van der Waals surface area contributed by atoms with Crippen molar-refractivity contribution in [3.8, 4) is 0 Å². The quantitative estimate of drug-likeness (QED) is 0.348. The third-order valence-corrected chi connectivity index (χ3v) is 6.64. The molecule has 3 aromatic rings. The standard InChI is InChI=1S/C23H24ClN3O3.C12H2O/c24-18-7-8-19-20(14-18)25-16-27(22(19)29)15-23(30)10-12-26(13-11-23)21(28)9-6-17-4-2-1-3-5-17;1-2-3-4-5-6-7-8-9-10-11-12-13/h1-5,7-8,14,16,30H,6,9-13,15H2;1H2. The zero-order valence-electron chi connectivity index (χ0n) is 23.2. The number of nitrogens with zero attached hydrogens (tertiary/aromatic N) is 3. The van der Waals surface area contributed by atoms with E-state index in [4.69, 9.17) is 11.6 Å². The molecule has 1 saturated heterocycles. The maximum atomic E-state index is 12.8. The van der Waals surface area contributed by atoms with Crippen LogP contribution in [0.4, 0.5) is 0 Å². The van der Waals surface area contributed by atoms with Crippen LogP contribution in [0.2, 0.25) is 5.02 Å². The topological polar surface area (TPSA) is 92.5 Å². The SMILES string of the molecule is C=C=C=C=C=C=C=C=C=C=C=C=O.O=C(CCc1ccccc1)N1CCC(O)(Cn2cnc3cc(Cl)ccc3c2=O)CC1. The Kier molecular flexibility index (Phi) is 12.5. The Hall–Kier alpha value is -5.45. The Labute approximate surface area is 253 Å². The lowest BCUT2D eigenvalue weighted by Crippen LogP contribution is -2.49. The number of fused-ring (bicyclic) bond motifs is 1. The van der Waals surface area contributed by atoms with Crippen LogP contribution in [0.3, 0.4) is 0 Å². The minimum Gasteiger partial charge on any atom is -0.388 e. The third-order valence-electron chi connectivity index (χ3n) is 6.41. The molecule has 1 aliphatic rings. The number of likely N-dealkylation sites (tertiary alicyclic amines) is 1. The van der Waals surface area contributed by atoms with Crippen LogP contribution in [0.1, 0.15) is 24.8 Å². The molecule has 2 heterocycles. The molecule has 1 amide bonds. The van der Waals surface area contributed by atoms with Crippen LogP contribution in [-0.2, 0) is 22.6 Å². The molecule has 8 heteroatoms. The molecule has 1 aliphatic heterocycles. The van der Waals surface area contributed by atoms with Crippen LogP contribution in [0.15, 0.2) is 124 Å². The second-order valence-corrected chi connectivity index (χ2v) is 9.77. The molecular formula is C35H26ClN3O4. The summed E-state index contributed by atoms with van der Waals surface area (Å²) < 4.78 is 1.45. The molecule has 1 N–H and O–H groups in total. The van der Waals surface area contributed by atoms with Crippen LogP contribution in [0.5, 0.6) is 0 Å². The van der Waals surface area contributed by atoms with E-state index in [-0.39, 0.29) is 18.0 Å². The number of carbonyl (C=O) groups is 1. The van der Waals surface area contributed by atoms with Crippen LogP contribution in [-0.4, -0.2) is 50.1 Å². The molecule has 7 nitrogen and oxygen atoms in total. The van der Waals surface area contributed by atoms with Crippen LogP contribution in [0.25, 0.3) is 10.9 Å². The van der Waals surface area contributed by atoms with Gasteiger partial charge >= 0.3 is 0 Å². The van der Waals surface area contributed by atoms with Crippen molar-refractivity contribution in [2.75, 3.05) is 13.1 Å². The Balaban J connectivity index is 0.000000331. The van der Waals surface area contributed by atoms with Gasteiger partial charge < -0.3 is 10.0 Å². The lowest BCUT2D eigenvalue weighted by molar-refractivity contribution is -0.135. The molecule has 1 aromatic heterocycles. The fourth-order valence-electron chi connectivity index (χ4n) is 4.23. The fourth-order valence-corrected chi connectivity index (χ4v) is 4.40. The summed E-state index contributed by atoms with van der Waals surface area (Å²) in [7, 11) is 0. The lowest BCUT2D eigenvalue weighted by atomic mass is 9.91. The Morgan fingerprint density at radius 3 is 2.21 bits per heavy atom. The smallest absolute Gasteiger partial charge is 0.261 e. The Morgan fingerprint density at radius 2 is 1.58 bits per heavy atom. The number of aliphatic hydroxyl groups is 1. The van der Waals surface area contributed by atoms with Gasteiger partial charge in [-0.3, -0.25) is 14.2 Å². The minimum atomic E-state index is -1.04. The normalized spacial score (nSPS) is 12.3. The first-order valence-corrected chi connectivity index (χ1v) is 13.6. The van der Waals surface area contributed by atoms with Gasteiger partial charge in [0, 0.05) is 53.2 Å². The van der Waals surface area contributed by atoms with Crippen molar-refractivity contribution in [2.45, 2.75) is 37.8 Å². The van der Waals surface area contributed by atoms with Crippen molar-refractivity contribution in [3.63, 3.8) is 0 Å². The number of aromatic nitrogens is 2. The summed E-state index contributed by atoms with van der Waals surface area (Å²) in [4.78, 5) is 41.0. The average Bonchev–Trinajstić information content (AvgIpc) is 3.01. The van der Waals surface area contributed by atoms with Gasteiger partial charge in [-0.25, -0.2) is 9.78 Å². The largest absolute Gasteiger partial charge is 0.388 e. The molecule has 4 rings (SSSR count). The Bertz CT molecular complexity index is 1900. The van der Waals surface area contributed by atoms with Gasteiger partial charge in [0.1, 0.15) is 0 Å². The molecule has 0 spiro atoms. The summed E-state index contributed by atoms with van der Waals surface area (Å²) in [5.74, 6) is 1.47. The van der Waals surface area contributed by atoms with E-state index in [0.717, 1.165) is 5.56 Å². The lowest BCUT2D eigenvalue weighted by Gasteiger charge is -2.38. The molecule has 0 unspecified atom stereocenters. The number of hydrogen-bond acceptors (Lipinski definition) is 5. The van der Waals surface area contributed by atoms with Gasteiger partial charge in [0.05, 0.1) is 29.4 Å². The van der Waals surface area contributed by atoms with E-state index in [9.17, 15) is 19.5 Å². The molecule has 1 fully saturated rings. The maximum Gasteiger partial charge on any atom is 0.261 e. The number of piperidine rings is 1. The maximum absolute atomic E-state index is 12.8. The number of benzene rings is 2. The van der Waals surface area contributed by atoms with Crippen LogP contribution >= 0.6 is 11.6 Å². The summed E-state index contributed by atoms with van der Waals surface area (Å²) in [5.41, 5.74) is 23.7. The number of hydrogen-bond donors (Lipinski definition) is 1. The van der Waals surface area contributed by atoms with Crippen molar-refractivity contribution in [3.05, 3.63) is 140 Å². The first-order chi connectivity index (χ1) is 20.8. The van der Waals surface area contributed by atoms with Crippen molar-refractivity contribution >= 4 is 34.4 Å². The number of amides is 1. The third kappa shape index (κ3) is 10.5. The van der Waals surface area contributed by atoms with Crippen molar-refractivity contribution < 1.29 is 14.7 Å². The van der Waals surface area contributed by atoms with E-state index in [1.165, 1.54) is 16.8 Å². The summed E-state index contributed by atoms with van der Waals surface area (Å²) in [6.45, 7) is 4.38. The minimum absolute atomic E-state index is 0.0994. The van der Waals surface area contributed by atoms with Crippen LogP contribution < -0.4 is 5.56 Å². The summed E-state index contributed by atoms with van der Waals surface area (Å²) in [5, 5.41) is 12.0. The number of carbonyl (C=O) groups excluding carboxylic acids is 2. The first kappa shape index (κ1) is 32.1. The zero-order chi connectivity index (χ0) is 30.9. The predicted octanol–water partition coefficient (Wildman–Crippen LogP) is 4.59. The number of halogens is 1. The van der Waals surface area contributed by atoms with Crippen LogP contribution in [0, 0.1) is 0 Å². The van der Waals surface area contributed by atoms with Gasteiger partial charge in [0.25, 0.3) is 5.56 Å². The van der Waals surface area contributed by atoms with Gasteiger partial charge in [0.2, 0.25) is 5.91 Å². The molecule has 0 bridgehead atoms. The second kappa shape index (κ2) is 16.7. The van der Waals surface area contributed by atoms with Crippen molar-refractivity contribution in [1.29, 1.82) is 0 Å². The molecule has 0 saturated carbocycles. The summed E-state index contributed by atoms with van der Waals surface area (Å²) in [6.07, 6.45) is 3.47. The molecule has 212 valence electrons. The van der Waals surface area contributed by atoms with E-state index in [1.807, 2.05) is 36.1 Å². The molecule has 2 aromatic carbocycles. The highest BCUT2D eigenvalue weighted by Gasteiger charge is 2.34. The summed E-state index contributed by atoms with van der Waals surface area (Å²) in [6, 6.07) is 14.9. The van der Waals surface area contributed by atoms with Gasteiger partial charge in [-0.05, 0) is 72.5 Å². The molecular weight excluding hydrogens is 562 g/mol. The van der Waals surface area contributed by atoms with E-state index in [2.05, 4.69) is 63.1 Å². The average molecular weight is 588 g/mol. The predicted molar refractivity (Wildman–Crippen MR) is 163 cm³/mol. The highest BCUT2D eigenvalue weighted by Crippen LogP contribution is 2.25. The van der Waals surface area contributed by atoms with Crippen molar-refractivity contribution in [2.24, 2.45) is 0 Å². The van der Waals surface area contributed by atoms with E-state index >= 15 is 0 Å². The summed E-state index contributed by atoms with van der Waals surface area (Å²) >= 11 is 5.96. The molecule has 0 aliphatic carbocycles. The number of aryl methyl sites for hydroxylation is 1. The Morgan fingerprint density at radius 1 is 0.953 bits per heavy atom. The highest BCUT2D eigenvalue weighted by molar-refractivity contribution is 6.31. The van der Waals surface area contributed by atoms with E-state index < -0.39 is 5.60 Å². The second-order valence-electron chi connectivity index (χ2n) is 9.33.